The SMILES string of the molecule is COC(CN(C)S(=O)(=O)c1cccc2cccnc12)OC. The molecule has 0 N–H and O–H groups in total. The van der Waals surface area contributed by atoms with Gasteiger partial charge in [-0.3, -0.25) is 4.98 Å². The van der Waals surface area contributed by atoms with Gasteiger partial charge in [0, 0.05) is 32.9 Å². The van der Waals surface area contributed by atoms with Crippen molar-refractivity contribution in [3.63, 3.8) is 0 Å². The molecular weight excluding hydrogens is 292 g/mol. The van der Waals surface area contributed by atoms with E-state index in [9.17, 15) is 8.42 Å². The van der Waals surface area contributed by atoms with Crippen LogP contribution in [0.25, 0.3) is 10.9 Å². The summed E-state index contributed by atoms with van der Waals surface area (Å²) in [5.41, 5.74) is 0.457. The van der Waals surface area contributed by atoms with Gasteiger partial charge in [-0.05, 0) is 12.1 Å². The van der Waals surface area contributed by atoms with Crippen LogP contribution < -0.4 is 0 Å². The van der Waals surface area contributed by atoms with E-state index >= 15 is 0 Å². The van der Waals surface area contributed by atoms with Gasteiger partial charge in [-0.1, -0.05) is 18.2 Å². The van der Waals surface area contributed by atoms with Crippen molar-refractivity contribution in [1.82, 2.24) is 9.29 Å². The van der Waals surface area contributed by atoms with Crippen molar-refractivity contribution in [3.8, 4) is 0 Å². The van der Waals surface area contributed by atoms with E-state index in [1.807, 2.05) is 12.1 Å². The van der Waals surface area contributed by atoms with Crippen LogP contribution in [0.1, 0.15) is 0 Å². The monoisotopic (exact) mass is 310 g/mol. The number of hydrogen-bond acceptors (Lipinski definition) is 5. The first kappa shape index (κ1) is 15.8. The van der Waals surface area contributed by atoms with Crippen LogP contribution in [0.15, 0.2) is 41.4 Å². The third-order valence-electron chi connectivity index (χ3n) is 3.22. The fourth-order valence-corrected chi connectivity index (χ4v) is 3.32. The van der Waals surface area contributed by atoms with E-state index in [0.29, 0.717) is 5.52 Å². The molecule has 0 amide bonds. The summed E-state index contributed by atoms with van der Waals surface area (Å²) in [6, 6.07) is 8.68. The molecule has 0 radical (unpaired) electrons. The number of rotatable bonds is 6. The lowest BCUT2D eigenvalue weighted by atomic mass is 10.2. The number of sulfonamides is 1. The summed E-state index contributed by atoms with van der Waals surface area (Å²) in [7, 11) is 0.751. The Hall–Kier alpha value is -1.54. The van der Waals surface area contributed by atoms with Crippen LogP contribution in [-0.4, -0.2) is 51.8 Å². The van der Waals surface area contributed by atoms with Crippen molar-refractivity contribution in [2.24, 2.45) is 0 Å². The summed E-state index contributed by atoms with van der Waals surface area (Å²) in [5.74, 6) is 0. The third kappa shape index (κ3) is 3.21. The van der Waals surface area contributed by atoms with Gasteiger partial charge in [-0.15, -0.1) is 0 Å². The van der Waals surface area contributed by atoms with Gasteiger partial charge in [0.1, 0.15) is 4.90 Å². The summed E-state index contributed by atoms with van der Waals surface area (Å²) in [6.07, 6.45) is 0.960. The highest BCUT2D eigenvalue weighted by molar-refractivity contribution is 7.89. The van der Waals surface area contributed by atoms with Crippen molar-refractivity contribution < 1.29 is 17.9 Å². The van der Waals surface area contributed by atoms with Crippen LogP contribution in [0.2, 0.25) is 0 Å². The Morgan fingerprint density at radius 3 is 2.52 bits per heavy atom. The molecule has 0 aliphatic heterocycles. The lowest BCUT2D eigenvalue weighted by molar-refractivity contribution is -0.106. The zero-order valence-electron chi connectivity index (χ0n) is 12.2. The molecule has 0 fully saturated rings. The van der Waals surface area contributed by atoms with Crippen LogP contribution >= 0.6 is 0 Å². The number of hydrogen-bond donors (Lipinski definition) is 0. The van der Waals surface area contributed by atoms with E-state index < -0.39 is 16.3 Å². The largest absolute Gasteiger partial charge is 0.355 e. The van der Waals surface area contributed by atoms with E-state index in [-0.39, 0.29) is 11.4 Å². The number of methoxy groups -OCH3 is 2. The average Bonchev–Trinajstić information content (AvgIpc) is 2.51. The number of pyridine rings is 1. The molecule has 0 saturated heterocycles. The van der Waals surface area contributed by atoms with Gasteiger partial charge in [0.05, 0.1) is 12.1 Å². The summed E-state index contributed by atoms with van der Waals surface area (Å²) in [6.45, 7) is 0.0958. The molecule has 0 aliphatic carbocycles. The topological polar surface area (TPSA) is 68.7 Å². The first-order valence-electron chi connectivity index (χ1n) is 6.36. The Balaban J connectivity index is 2.42. The summed E-state index contributed by atoms with van der Waals surface area (Å²) in [4.78, 5) is 4.36. The highest BCUT2D eigenvalue weighted by Crippen LogP contribution is 2.23. The molecule has 1 aromatic heterocycles. The molecule has 2 aromatic rings. The Morgan fingerprint density at radius 2 is 1.86 bits per heavy atom. The van der Waals surface area contributed by atoms with Crippen molar-refractivity contribution >= 4 is 20.9 Å². The second-order valence-electron chi connectivity index (χ2n) is 4.52. The van der Waals surface area contributed by atoms with E-state index in [4.69, 9.17) is 9.47 Å². The fraction of sp³-hybridized carbons (Fsp3) is 0.357. The van der Waals surface area contributed by atoms with Gasteiger partial charge >= 0.3 is 0 Å². The minimum atomic E-state index is -3.67. The zero-order valence-corrected chi connectivity index (χ0v) is 13.0. The Kier molecular flexibility index (Phi) is 4.89. The summed E-state index contributed by atoms with van der Waals surface area (Å²) < 4.78 is 36.7. The minimum Gasteiger partial charge on any atom is -0.355 e. The van der Waals surface area contributed by atoms with E-state index in [1.165, 1.54) is 25.6 Å². The highest BCUT2D eigenvalue weighted by Gasteiger charge is 2.26. The van der Waals surface area contributed by atoms with Gasteiger partial charge in [0.25, 0.3) is 0 Å². The van der Waals surface area contributed by atoms with Crippen LogP contribution in [-0.2, 0) is 19.5 Å². The van der Waals surface area contributed by atoms with Crippen LogP contribution in [0.5, 0.6) is 0 Å². The molecule has 1 aromatic carbocycles. The van der Waals surface area contributed by atoms with E-state index in [1.54, 1.807) is 24.4 Å². The Labute approximate surface area is 124 Å². The minimum absolute atomic E-state index is 0.0958. The molecule has 6 nitrogen and oxygen atoms in total. The third-order valence-corrected chi connectivity index (χ3v) is 5.07. The number of ether oxygens (including phenoxy) is 2. The van der Waals surface area contributed by atoms with Crippen molar-refractivity contribution in [1.29, 1.82) is 0 Å². The van der Waals surface area contributed by atoms with Crippen molar-refractivity contribution in [2.75, 3.05) is 27.8 Å². The quantitative estimate of drug-likeness (QED) is 0.756. The van der Waals surface area contributed by atoms with Gasteiger partial charge in [0.2, 0.25) is 10.0 Å². The van der Waals surface area contributed by atoms with E-state index in [2.05, 4.69) is 4.98 Å². The van der Waals surface area contributed by atoms with Crippen molar-refractivity contribution in [2.45, 2.75) is 11.2 Å². The predicted octanol–water partition coefficient (Wildman–Crippen LogP) is 1.47. The fourth-order valence-electron chi connectivity index (χ4n) is 2.01. The lowest BCUT2D eigenvalue weighted by Gasteiger charge is -2.22. The Morgan fingerprint density at radius 1 is 1.19 bits per heavy atom. The molecule has 0 atom stereocenters. The number of likely N-dealkylation sites (N-methyl/N-ethyl adjacent to an activating group) is 1. The maximum absolute atomic E-state index is 12.7. The first-order valence-corrected chi connectivity index (χ1v) is 7.80. The predicted molar refractivity (Wildman–Crippen MR) is 79.4 cm³/mol. The van der Waals surface area contributed by atoms with Gasteiger partial charge in [-0.25, -0.2) is 8.42 Å². The standard InChI is InChI=1S/C14H18N2O4S/c1-16(10-13(19-2)20-3)21(17,18)12-8-4-6-11-7-5-9-15-14(11)12/h4-9,13H,10H2,1-3H3. The molecule has 7 heteroatoms. The average molecular weight is 310 g/mol. The molecule has 1 heterocycles. The molecule has 0 saturated carbocycles. The summed E-state index contributed by atoms with van der Waals surface area (Å²) >= 11 is 0. The van der Waals surface area contributed by atoms with Crippen molar-refractivity contribution in [3.05, 3.63) is 36.5 Å². The molecule has 0 aliphatic rings. The van der Waals surface area contributed by atoms with Gasteiger partial charge in [-0.2, -0.15) is 4.31 Å². The molecule has 0 unspecified atom stereocenters. The number of benzene rings is 1. The highest BCUT2D eigenvalue weighted by atomic mass is 32.2. The van der Waals surface area contributed by atoms with E-state index in [0.717, 1.165) is 5.39 Å². The number of para-hydroxylation sites is 1. The molecule has 2 rings (SSSR count). The number of fused-ring (bicyclic) bond motifs is 1. The number of nitrogens with zero attached hydrogens (tertiary/aromatic N) is 2. The normalized spacial score (nSPS) is 12.4. The van der Waals surface area contributed by atoms with Crippen LogP contribution in [0.3, 0.4) is 0 Å². The zero-order chi connectivity index (χ0) is 15.5. The summed E-state index contributed by atoms with van der Waals surface area (Å²) in [5, 5.41) is 0.780. The molecular formula is C14H18N2O4S. The van der Waals surface area contributed by atoms with Gasteiger partial charge in [0.15, 0.2) is 6.29 Å². The number of aromatic nitrogens is 1. The first-order chi connectivity index (χ1) is 10.0. The maximum Gasteiger partial charge on any atom is 0.245 e. The van der Waals surface area contributed by atoms with Crippen LogP contribution in [0.4, 0.5) is 0 Å². The molecule has 0 spiro atoms. The molecule has 21 heavy (non-hydrogen) atoms. The molecule has 114 valence electrons. The lowest BCUT2D eigenvalue weighted by Crippen LogP contribution is -2.36. The maximum atomic E-state index is 12.7. The second kappa shape index (κ2) is 6.48. The van der Waals surface area contributed by atoms with Gasteiger partial charge < -0.3 is 9.47 Å². The van der Waals surface area contributed by atoms with Crippen LogP contribution in [0, 0.1) is 0 Å². The second-order valence-corrected chi connectivity index (χ2v) is 6.53. The smallest absolute Gasteiger partial charge is 0.245 e. The Bertz CT molecular complexity index is 708. The molecule has 0 bridgehead atoms.